The standard InChI is InChI=1S/C13H17N3O2/c1-8(14)13(18)15-11-3-4-12-10(7-11)5-6-16(12)9(2)17/h3-4,7-8H,5-6,14H2,1-2H3,(H,15,18). The maximum Gasteiger partial charge on any atom is 0.240 e. The lowest BCUT2D eigenvalue weighted by Crippen LogP contribution is -2.32. The van der Waals surface area contributed by atoms with Gasteiger partial charge in [0.1, 0.15) is 0 Å². The van der Waals surface area contributed by atoms with Gasteiger partial charge in [-0.25, -0.2) is 0 Å². The summed E-state index contributed by atoms with van der Waals surface area (Å²) in [6.07, 6.45) is 0.816. The number of rotatable bonds is 2. The van der Waals surface area contributed by atoms with Crippen LogP contribution in [0.15, 0.2) is 18.2 Å². The van der Waals surface area contributed by atoms with E-state index in [-0.39, 0.29) is 11.8 Å². The van der Waals surface area contributed by atoms with E-state index in [1.165, 1.54) is 0 Å². The number of nitrogens with zero attached hydrogens (tertiary/aromatic N) is 1. The summed E-state index contributed by atoms with van der Waals surface area (Å²) in [7, 11) is 0. The highest BCUT2D eigenvalue weighted by Gasteiger charge is 2.22. The van der Waals surface area contributed by atoms with Crippen molar-refractivity contribution in [3.8, 4) is 0 Å². The number of nitrogens with two attached hydrogens (primary N) is 1. The average molecular weight is 247 g/mol. The van der Waals surface area contributed by atoms with Crippen molar-refractivity contribution in [1.82, 2.24) is 0 Å². The molecule has 0 bridgehead atoms. The van der Waals surface area contributed by atoms with Gasteiger partial charge in [0.25, 0.3) is 0 Å². The van der Waals surface area contributed by atoms with E-state index in [1.807, 2.05) is 12.1 Å². The van der Waals surface area contributed by atoms with Gasteiger partial charge in [0, 0.05) is 24.8 Å². The first-order valence-corrected chi connectivity index (χ1v) is 5.96. The monoisotopic (exact) mass is 247 g/mol. The van der Waals surface area contributed by atoms with E-state index in [9.17, 15) is 9.59 Å². The van der Waals surface area contributed by atoms with E-state index in [0.717, 1.165) is 23.4 Å². The molecule has 1 aliphatic rings. The van der Waals surface area contributed by atoms with E-state index >= 15 is 0 Å². The van der Waals surface area contributed by atoms with Crippen molar-refractivity contribution in [3.63, 3.8) is 0 Å². The van der Waals surface area contributed by atoms with E-state index in [2.05, 4.69) is 5.32 Å². The molecular weight excluding hydrogens is 230 g/mol. The van der Waals surface area contributed by atoms with Crippen LogP contribution in [0.4, 0.5) is 11.4 Å². The zero-order valence-electron chi connectivity index (χ0n) is 10.6. The van der Waals surface area contributed by atoms with E-state index in [1.54, 1.807) is 24.8 Å². The van der Waals surface area contributed by atoms with Gasteiger partial charge in [0.2, 0.25) is 11.8 Å². The minimum atomic E-state index is -0.535. The summed E-state index contributed by atoms with van der Waals surface area (Å²) in [6.45, 7) is 3.90. The van der Waals surface area contributed by atoms with Gasteiger partial charge in [-0.3, -0.25) is 9.59 Å². The van der Waals surface area contributed by atoms with Crippen LogP contribution in [0.2, 0.25) is 0 Å². The number of hydrogen-bond acceptors (Lipinski definition) is 3. The second-order valence-corrected chi connectivity index (χ2v) is 4.54. The van der Waals surface area contributed by atoms with Crippen molar-refractivity contribution >= 4 is 23.2 Å². The van der Waals surface area contributed by atoms with Crippen LogP contribution in [0.3, 0.4) is 0 Å². The predicted molar refractivity (Wildman–Crippen MR) is 70.5 cm³/mol. The SMILES string of the molecule is CC(=O)N1CCc2cc(NC(=O)C(C)N)ccc21. The van der Waals surface area contributed by atoms with Crippen LogP contribution in [0.5, 0.6) is 0 Å². The van der Waals surface area contributed by atoms with Crippen LogP contribution >= 0.6 is 0 Å². The average Bonchev–Trinajstić information content (AvgIpc) is 2.71. The second-order valence-electron chi connectivity index (χ2n) is 4.54. The van der Waals surface area contributed by atoms with Gasteiger partial charge >= 0.3 is 0 Å². The quantitative estimate of drug-likeness (QED) is 0.814. The number of hydrogen-bond donors (Lipinski definition) is 2. The topological polar surface area (TPSA) is 75.4 Å². The second kappa shape index (κ2) is 4.78. The molecule has 1 aromatic rings. The third kappa shape index (κ3) is 2.36. The summed E-state index contributed by atoms with van der Waals surface area (Å²) >= 11 is 0. The maximum absolute atomic E-state index is 11.5. The largest absolute Gasteiger partial charge is 0.325 e. The van der Waals surface area contributed by atoms with Crippen LogP contribution < -0.4 is 16.0 Å². The van der Waals surface area contributed by atoms with Crippen molar-refractivity contribution in [1.29, 1.82) is 0 Å². The van der Waals surface area contributed by atoms with Gasteiger partial charge in [-0.1, -0.05) is 0 Å². The first-order chi connectivity index (χ1) is 8.49. The summed E-state index contributed by atoms with van der Waals surface area (Å²) < 4.78 is 0. The smallest absolute Gasteiger partial charge is 0.240 e. The normalized spacial score (nSPS) is 15.2. The lowest BCUT2D eigenvalue weighted by molar-refractivity contribution is -0.117. The molecule has 0 saturated heterocycles. The molecule has 1 aliphatic heterocycles. The summed E-state index contributed by atoms with van der Waals surface area (Å²) in [4.78, 5) is 24.6. The van der Waals surface area contributed by atoms with Gasteiger partial charge in [-0.05, 0) is 37.1 Å². The van der Waals surface area contributed by atoms with Crippen LogP contribution in [-0.4, -0.2) is 24.4 Å². The molecule has 0 aliphatic carbocycles. The van der Waals surface area contributed by atoms with Crippen molar-refractivity contribution in [2.24, 2.45) is 5.73 Å². The summed E-state index contributed by atoms with van der Waals surface area (Å²) in [5.74, 6) is -0.169. The number of benzene rings is 1. The van der Waals surface area contributed by atoms with Gasteiger partial charge in [0.15, 0.2) is 0 Å². The number of amides is 2. The van der Waals surface area contributed by atoms with Crippen molar-refractivity contribution in [3.05, 3.63) is 23.8 Å². The zero-order valence-corrected chi connectivity index (χ0v) is 10.6. The number of carbonyl (C=O) groups is 2. The van der Waals surface area contributed by atoms with Gasteiger partial charge in [-0.15, -0.1) is 0 Å². The Balaban J connectivity index is 2.20. The highest BCUT2D eigenvalue weighted by Crippen LogP contribution is 2.30. The molecule has 0 aromatic heterocycles. The lowest BCUT2D eigenvalue weighted by atomic mass is 10.1. The molecule has 1 unspecified atom stereocenters. The predicted octanol–water partition coefficient (Wildman–Crippen LogP) is 0.881. The molecule has 5 heteroatoms. The first-order valence-electron chi connectivity index (χ1n) is 5.96. The molecule has 2 amide bonds. The molecule has 5 nitrogen and oxygen atoms in total. The maximum atomic E-state index is 11.5. The fourth-order valence-electron chi connectivity index (χ4n) is 2.06. The lowest BCUT2D eigenvalue weighted by Gasteiger charge is -2.15. The van der Waals surface area contributed by atoms with E-state index < -0.39 is 6.04 Å². The molecule has 96 valence electrons. The van der Waals surface area contributed by atoms with Crippen molar-refractivity contribution in [2.45, 2.75) is 26.3 Å². The van der Waals surface area contributed by atoms with Crippen molar-refractivity contribution in [2.75, 3.05) is 16.8 Å². The highest BCUT2D eigenvalue weighted by atomic mass is 16.2. The van der Waals surface area contributed by atoms with E-state index in [4.69, 9.17) is 5.73 Å². The number of nitrogens with one attached hydrogen (secondary N) is 1. The molecule has 0 saturated carbocycles. The Labute approximate surface area is 106 Å². The fourth-order valence-corrected chi connectivity index (χ4v) is 2.06. The number of anilines is 2. The molecule has 1 heterocycles. The Morgan fingerprint density at radius 3 is 2.78 bits per heavy atom. The molecule has 2 rings (SSSR count). The van der Waals surface area contributed by atoms with Crippen LogP contribution in [0, 0.1) is 0 Å². The molecule has 0 radical (unpaired) electrons. The molecule has 0 spiro atoms. The molecule has 18 heavy (non-hydrogen) atoms. The Morgan fingerprint density at radius 1 is 1.44 bits per heavy atom. The Hall–Kier alpha value is -1.88. The third-order valence-corrected chi connectivity index (χ3v) is 3.04. The number of fused-ring (bicyclic) bond motifs is 1. The molecule has 3 N–H and O–H groups in total. The summed E-state index contributed by atoms with van der Waals surface area (Å²) in [6, 6.07) is 5.02. The molecule has 0 fully saturated rings. The van der Waals surface area contributed by atoms with E-state index in [0.29, 0.717) is 6.54 Å². The minimum absolute atomic E-state index is 0.0427. The zero-order chi connectivity index (χ0) is 13.3. The highest BCUT2D eigenvalue weighted by molar-refractivity contribution is 5.96. The van der Waals surface area contributed by atoms with Crippen LogP contribution in [0.1, 0.15) is 19.4 Å². The molecule has 1 aromatic carbocycles. The summed E-state index contributed by atoms with van der Waals surface area (Å²) in [5, 5.41) is 2.75. The van der Waals surface area contributed by atoms with Gasteiger partial charge in [0.05, 0.1) is 6.04 Å². The molecule has 1 atom stereocenters. The molecular formula is C13H17N3O2. The van der Waals surface area contributed by atoms with Crippen molar-refractivity contribution < 1.29 is 9.59 Å². The van der Waals surface area contributed by atoms with Crippen LogP contribution in [-0.2, 0) is 16.0 Å². The Morgan fingerprint density at radius 2 is 2.17 bits per heavy atom. The Bertz CT molecular complexity index is 497. The minimum Gasteiger partial charge on any atom is -0.325 e. The summed E-state index contributed by atoms with van der Waals surface area (Å²) in [5.41, 5.74) is 8.23. The third-order valence-electron chi connectivity index (χ3n) is 3.04. The fraction of sp³-hybridized carbons (Fsp3) is 0.385. The number of carbonyl (C=O) groups excluding carboxylic acids is 2. The van der Waals surface area contributed by atoms with Gasteiger partial charge < -0.3 is 16.0 Å². The van der Waals surface area contributed by atoms with Crippen LogP contribution in [0.25, 0.3) is 0 Å². The van der Waals surface area contributed by atoms with Gasteiger partial charge in [-0.2, -0.15) is 0 Å². The Kier molecular flexibility index (Phi) is 3.34. The first kappa shape index (κ1) is 12.6.